The van der Waals surface area contributed by atoms with Gasteiger partial charge in [0, 0.05) is 5.02 Å². The number of hydrogen-bond acceptors (Lipinski definition) is 4. The van der Waals surface area contributed by atoms with Crippen LogP contribution in [0, 0.1) is 0 Å². The van der Waals surface area contributed by atoms with Gasteiger partial charge in [-0.05, 0) is 49.5 Å². The zero-order valence-corrected chi connectivity index (χ0v) is 12.5. The Labute approximate surface area is 132 Å². The molecule has 1 aromatic rings. The molecule has 0 saturated heterocycles. The molecule has 22 heavy (non-hydrogen) atoms. The van der Waals surface area contributed by atoms with Gasteiger partial charge in [-0.15, -0.1) is 0 Å². The average Bonchev–Trinajstić information content (AvgIpc) is 2.82. The van der Waals surface area contributed by atoms with Crippen LogP contribution in [0.2, 0.25) is 5.02 Å². The van der Waals surface area contributed by atoms with Crippen molar-refractivity contribution in [1.29, 1.82) is 0 Å². The summed E-state index contributed by atoms with van der Waals surface area (Å²) in [5.74, 6) is 0.0724. The second kappa shape index (κ2) is 5.18. The number of halogens is 1. The molecule has 4 rings (SSSR count). The second-order valence-corrected chi connectivity index (χ2v) is 5.86. The Morgan fingerprint density at radius 3 is 2.55 bits per heavy atom. The molecule has 3 aliphatic rings. The minimum absolute atomic E-state index is 0.308. The molecule has 1 aromatic carbocycles. The number of rotatable bonds is 1. The molecule has 2 aliphatic heterocycles. The Bertz CT molecular complexity index is 774. The third-order valence-electron chi connectivity index (χ3n) is 3.88. The number of amides is 1. The lowest BCUT2D eigenvalue weighted by molar-refractivity contribution is -0.114. The van der Waals surface area contributed by atoms with Gasteiger partial charge in [-0.25, -0.2) is 4.99 Å². The lowest BCUT2D eigenvalue weighted by atomic mass is 9.96. The smallest absolute Gasteiger partial charge is 0.265 e. The highest BCUT2D eigenvalue weighted by atomic mass is 35.5. The summed E-state index contributed by atoms with van der Waals surface area (Å²) in [4.78, 5) is 20.7. The average molecular weight is 313 g/mol. The molecule has 0 bridgehead atoms. The van der Waals surface area contributed by atoms with Crippen molar-refractivity contribution >= 4 is 41.0 Å². The Morgan fingerprint density at radius 2 is 1.77 bits per heavy atom. The van der Waals surface area contributed by atoms with Crippen LogP contribution in [-0.2, 0) is 4.79 Å². The molecule has 5 nitrogen and oxygen atoms in total. The van der Waals surface area contributed by atoms with E-state index >= 15 is 0 Å². The SMILES string of the molecule is O=C1N=C2N=C3CCCCC3=NN2C1=Cc1ccc(Cl)cc1. The highest BCUT2D eigenvalue weighted by molar-refractivity contribution is 6.45. The normalized spacial score (nSPS) is 22.0. The molecular formula is C16H13ClN4O. The highest BCUT2D eigenvalue weighted by Gasteiger charge is 2.34. The van der Waals surface area contributed by atoms with E-state index in [4.69, 9.17) is 11.6 Å². The van der Waals surface area contributed by atoms with Gasteiger partial charge in [-0.3, -0.25) is 4.79 Å². The number of hydrazone groups is 1. The van der Waals surface area contributed by atoms with Crippen LogP contribution >= 0.6 is 11.6 Å². The molecule has 0 aromatic heterocycles. The van der Waals surface area contributed by atoms with E-state index in [2.05, 4.69) is 15.1 Å². The quantitative estimate of drug-likeness (QED) is 0.747. The predicted molar refractivity (Wildman–Crippen MR) is 87.0 cm³/mol. The third-order valence-corrected chi connectivity index (χ3v) is 4.13. The number of guanidine groups is 1. The van der Waals surface area contributed by atoms with Crippen molar-refractivity contribution in [3.05, 3.63) is 40.5 Å². The summed E-state index contributed by atoms with van der Waals surface area (Å²) in [5, 5.41) is 6.80. The van der Waals surface area contributed by atoms with Gasteiger partial charge in [0.1, 0.15) is 5.70 Å². The van der Waals surface area contributed by atoms with Gasteiger partial charge in [-0.2, -0.15) is 15.1 Å². The van der Waals surface area contributed by atoms with Crippen LogP contribution in [-0.4, -0.2) is 28.3 Å². The zero-order valence-electron chi connectivity index (χ0n) is 11.8. The highest BCUT2D eigenvalue weighted by Crippen LogP contribution is 2.26. The van der Waals surface area contributed by atoms with Gasteiger partial charge in [0.25, 0.3) is 11.9 Å². The van der Waals surface area contributed by atoms with Crippen molar-refractivity contribution in [2.45, 2.75) is 25.7 Å². The van der Waals surface area contributed by atoms with E-state index < -0.39 is 0 Å². The number of nitrogens with zero attached hydrogens (tertiary/aromatic N) is 4. The molecule has 0 atom stereocenters. The maximum absolute atomic E-state index is 12.2. The van der Waals surface area contributed by atoms with Crippen molar-refractivity contribution < 1.29 is 4.79 Å². The van der Waals surface area contributed by atoms with E-state index in [0.717, 1.165) is 42.7 Å². The first kappa shape index (κ1) is 13.4. The maximum Gasteiger partial charge on any atom is 0.299 e. The number of carbonyl (C=O) groups is 1. The van der Waals surface area contributed by atoms with E-state index in [9.17, 15) is 4.79 Å². The number of benzene rings is 1. The van der Waals surface area contributed by atoms with Crippen molar-refractivity contribution in [3.8, 4) is 0 Å². The summed E-state index contributed by atoms with van der Waals surface area (Å²) in [6, 6.07) is 7.28. The minimum atomic E-state index is -0.308. The maximum atomic E-state index is 12.2. The molecule has 1 fully saturated rings. The van der Waals surface area contributed by atoms with Crippen LogP contribution < -0.4 is 0 Å². The lowest BCUT2D eigenvalue weighted by Crippen LogP contribution is -2.33. The fraction of sp³-hybridized carbons (Fsp3) is 0.250. The predicted octanol–water partition coefficient (Wildman–Crippen LogP) is 3.26. The lowest BCUT2D eigenvalue weighted by Gasteiger charge is -2.24. The van der Waals surface area contributed by atoms with Gasteiger partial charge in [0.05, 0.1) is 11.4 Å². The van der Waals surface area contributed by atoms with Crippen molar-refractivity contribution in [1.82, 2.24) is 5.01 Å². The molecule has 0 N–H and O–H groups in total. The molecule has 0 radical (unpaired) electrons. The number of aliphatic imine (C=N–C) groups is 2. The largest absolute Gasteiger partial charge is 0.299 e. The van der Waals surface area contributed by atoms with Crippen LogP contribution in [0.4, 0.5) is 0 Å². The van der Waals surface area contributed by atoms with Gasteiger partial charge in [0.2, 0.25) is 0 Å². The van der Waals surface area contributed by atoms with Crippen LogP contribution in [0.3, 0.4) is 0 Å². The standard InChI is InChI=1S/C16H13ClN4O/c17-11-7-5-10(6-8-11)9-14-15(22)19-16-18-12-3-1-2-4-13(12)20-21(14)16/h5-9H,1-4H2. The van der Waals surface area contributed by atoms with Crippen molar-refractivity contribution in [2.24, 2.45) is 15.1 Å². The molecule has 0 unspecified atom stereocenters. The van der Waals surface area contributed by atoms with Gasteiger partial charge in [0.15, 0.2) is 0 Å². The molecule has 6 heteroatoms. The van der Waals surface area contributed by atoms with Gasteiger partial charge in [-0.1, -0.05) is 23.7 Å². The first-order valence-electron chi connectivity index (χ1n) is 7.26. The van der Waals surface area contributed by atoms with Crippen LogP contribution in [0.1, 0.15) is 31.2 Å². The summed E-state index contributed by atoms with van der Waals surface area (Å²) >= 11 is 5.88. The first-order valence-corrected chi connectivity index (χ1v) is 7.64. The molecule has 1 amide bonds. The molecular weight excluding hydrogens is 300 g/mol. The van der Waals surface area contributed by atoms with E-state index in [-0.39, 0.29) is 5.91 Å². The van der Waals surface area contributed by atoms with E-state index in [1.165, 1.54) is 0 Å². The fourth-order valence-corrected chi connectivity index (χ4v) is 2.87. The second-order valence-electron chi connectivity index (χ2n) is 5.42. The van der Waals surface area contributed by atoms with Crippen molar-refractivity contribution in [3.63, 3.8) is 0 Å². The Balaban J connectivity index is 1.71. The Morgan fingerprint density at radius 1 is 1.05 bits per heavy atom. The molecule has 1 saturated carbocycles. The first-order chi connectivity index (χ1) is 10.7. The summed E-state index contributed by atoms with van der Waals surface area (Å²) in [7, 11) is 0. The molecule has 0 spiro atoms. The Hall–Kier alpha value is -2.27. The number of hydrogen-bond donors (Lipinski definition) is 0. The van der Waals surface area contributed by atoms with Gasteiger partial charge < -0.3 is 0 Å². The monoisotopic (exact) mass is 312 g/mol. The number of fused-ring (bicyclic) bond motifs is 2. The molecule has 110 valence electrons. The Kier molecular flexibility index (Phi) is 3.15. The zero-order chi connectivity index (χ0) is 15.1. The summed E-state index contributed by atoms with van der Waals surface area (Å²) in [6.07, 6.45) is 5.82. The van der Waals surface area contributed by atoms with Crippen LogP contribution in [0.5, 0.6) is 0 Å². The third kappa shape index (κ3) is 2.27. The fourth-order valence-electron chi connectivity index (χ4n) is 2.75. The van der Waals surface area contributed by atoms with E-state index in [0.29, 0.717) is 16.7 Å². The molecule has 2 heterocycles. The van der Waals surface area contributed by atoms with Crippen LogP contribution in [0.15, 0.2) is 45.0 Å². The van der Waals surface area contributed by atoms with E-state index in [1.54, 1.807) is 23.2 Å². The summed E-state index contributed by atoms with van der Waals surface area (Å²) in [6.45, 7) is 0. The summed E-state index contributed by atoms with van der Waals surface area (Å²) in [5.41, 5.74) is 3.25. The summed E-state index contributed by atoms with van der Waals surface area (Å²) < 4.78 is 0. The van der Waals surface area contributed by atoms with E-state index in [1.807, 2.05) is 12.1 Å². The van der Waals surface area contributed by atoms with Gasteiger partial charge >= 0.3 is 0 Å². The number of carbonyl (C=O) groups excluding carboxylic acids is 1. The molecule has 1 aliphatic carbocycles. The van der Waals surface area contributed by atoms with Crippen molar-refractivity contribution in [2.75, 3.05) is 0 Å². The minimum Gasteiger partial charge on any atom is -0.265 e. The van der Waals surface area contributed by atoms with Crippen LogP contribution in [0.25, 0.3) is 6.08 Å². The topological polar surface area (TPSA) is 57.4 Å².